The lowest BCUT2D eigenvalue weighted by Crippen LogP contribution is -2.16. The number of hydrogen-bond donors (Lipinski definition) is 1. The van der Waals surface area contributed by atoms with Crippen LogP contribution in [0.4, 0.5) is 11.4 Å². The Morgan fingerprint density at radius 1 is 1.00 bits per heavy atom. The van der Waals surface area contributed by atoms with Crippen molar-refractivity contribution >= 4 is 34.0 Å². The monoisotopic (exact) mass is 483 g/mol. The van der Waals surface area contributed by atoms with Crippen LogP contribution in [0.5, 0.6) is 5.75 Å². The molecule has 7 heteroatoms. The lowest BCUT2D eigenvalue weighted by molar-refractivity contribution is 0.415. The number of anilines is 2. The average molecular weight is 484 g/mol. The molecule has 0 saturated heterocycles. The summed E-state index contributed by atoms with van der Waals surface area (Å²) in [5.41, 5.74) is 7.25. The number of ether oxygens (including phenoxy) is 1. The first-order valence-corrected chi connectivity index (χ1v) is 11.8. The Labute approximate surface area is 209 Å². The predicted octanol–water partition coefficient (Wildman–Crippen LogP) is 6.55. The van der Waals surface area contributed by atoms with E-state index in [4.69, 9.17) is 26.3 Å². The largest absolute Gasteiger partial charge is 0.497 e. The zero-order chi connectivity index (χ0) is 24.5. The maximum atomic E-state index is 6.20. The van der Waals surface area contributed by atoms with Gasteiger partial charge in [0, 0.05) is 28.5 Å². The first-order chi connectivity index (χ1) is 16.9. The maximum absolute atomic E-state index is 6.20. The molecule has 2 aromatic carbocycles. The lowest BCUT2D eigenvalue weighted by Gasteiger charge is -2.21. The summed E-state index contributed by atoms with van der Waals surface area (Å²) in [4.78, 5) is 14.3. The number of fused-ring (bicyclic) bond motifs is 2. The Bertz CT molecular complexity index is 1540. The Morgan fingerprint density at radius 2 is 1.80 bits per heavy atom. The molecule has 0 bridgehead atoms. The molecule has 0 unspecified atom stereocenters. The summed E-state index contributed by atoms with van der Waals surface area (Å²) in [6.07, 6.45) is 1.83. The van der Waals surface area contributed by atoms with Gasteiger partial charge in [-0.15, -0.1) is 0 Å². The highest BCUT2D eigenvalue weighted by Gasteiger charge is 2.17. The Hall–Kier alpha value is -3.90. The second-order valence-corrected chi connectivity index (χ2v) is 9.11. The zero-order valence-electron chi connectivity index (χ0n) is 20.1. The van der Waals surface area contributed by atoms with Gasteiger partial charge in [0.25, 0.3) is 0 Å². The molecule has 176 valence electrons. The van der Waals surface area contributed by atoms with Crippen molar-refractivity contribution in [2.24, 2.45) is 4.99 Å². The number of hydrogen-bond acceptors (Lipinski definition) is 5. The van der Waals surface area contributed by atoms with Gasteiger partial charge >= 0.3 is 0 Å². The molecule has 0 spiro atoms. The second kappa shape index (κ2) is 9.39. The minimum absolute atomic E-state index is 0.113. The SMILES string of the molecule is COc1ccc2nc3cc(Nc4ccc(C)nc4)c(=NC(C)C)cc-3n(-c3ccc(Cl)cc3)c2c1. The summed E-state index contributed by atoms with van der Waals surface area (Å²) in [6, 6.07) is 21.9. The van der Waals surface area contributed by atoms with Gasteiger partial charge in [-0.2, -0.15) is 0 Å². The van der Waals surface area contributed by atoms with Crippen molar-refractivity contribution in [1.29, 1.82) is 0 Å². The van der Waals surface area contributed by atoms with Gasteiger partial charge in [-0.05, 0) is 81.4 Å². The number of nitrogens with zero attached hydrogens (tertiary/aromatic N) is 4. The summed E-state index contributed by atoms with van der Waals surface area (Å²) in [6.45, 7) is 6.11. The second-order valence-electron chi connectivity index (χ2n) is 8.67. The maximum Gasteiger partial charge on any atom is 0.121 e. The highest BCUT2D eigenvalue weighted by atomic mass is 35.5. The predicted molar refractivity (Wildman–Crippen MR) is 142 cm³/mol. The molecule has 0 saturated carbocycles. The van der Waals surface area contributed by atoms with Crippen LogP contribution in [0, 0.1) is 6.92 Å². The fourth-order valence-corrected chi connectivity index (χ4v) is 4.17. The number of pyridine rings is 1. The normalized spacial score (nSPS) is 12.0. The minimum Gasteiger partial charge on any atom is -0.497 e. The van der Waals surface area contributed by atoms with Crippen LogP contribution in [-0.4, -0.2) is 27.7 Å². The number of rotatable bonds is 5. The van der Waals surface area contributed by atoms with Crippen LogP contribution >= 0.6 is 11.6 Å². The van der Waals surface area contributed by atoms with E-state index in [-0.39, 0.29) is 6.04 Å². The molecule has 35 heavy (non-hydrogen) atoms. The number of aromatic nitrogens is 3. The third kappa shape index (κ3) is 4.70. The quantitative estimate of drug-likeness (QED) is 0.288. The van der Waals surface area contributed by atoms with E-state index in [1.165, 1.54) is 0 Å². The zero-order valence-corrected chi connectivity index (χ0v) is 20.8. The van der Waals surface area contributed by atoms with Crippen LogP contribution in [0.3, 0.4) is 0 Å². The smallest absolute Gasteiger partial charge is 0.121 e. The molecular formula is C28H26ClN5O. The summed E-state index contributed by atoms with van der Waals surface area (Å²) in [5.74, 6) is 0.763. The molecule has 0 radical (unpaired) electrons. The van der Waals surface area contributed by atoms with Gasteiger partial charge in [0.1, 0.15) is 5.75 Å². The minimum atomic E-state index is 0.113. The molecule has 0 atom stereocenters. The summed E-state index contributed by atoms with van der Waals surface area (Å²) < 4.78 is 7.69. The van der Waals surface area contributed by atoms with Crippen LogP contribution in [-0.2, 0) is 0 Å². The van der Waals surface area contributed by atoms with E-state index in [2.05, 4.69) is 34.8 Å². The van der Waals surface area contributed by atoms with Crippen molar-refractivity contribution in [3.8, 4) is 22.8 Å². The van der Waals surface area contributed by atoms with Gasteiger partial charge in [0.15, 0.2) is 0 Å². The van der Waals surface area contributed by atoms with E-state index in [1.54, 1.807) is 7.11 Å². The van der Waals surface area contributed by atoms with E-state index in [0.29, 0.717) is 5.02 Å². The Balaban J connectivity index is 1.82. The van der Waals surface area contributed by atoms with Crippen molar-refractivity contribution in [2.45, 2.75) is 26.8 Å². The molecule has 1 aliphatic carbocycles. The average Bonchev–Trinajstić information content (AvgIpc) is 2.84. The fraction of sp³-hybridized carbons (Fsp3) is 0.179. The third-order valence-electron chi connectivity index (χ3n) is 5.67. The van der Waals surface area contributed by atoms with Crippen molar-refractivity contribution < 1.29 is 4.74 Å². The summed E-state index contributed by atoms with van der Waals surface area (Å²) in [5, 5.41) is 5.02. The number of benzene rings is 3. The molecular weight excluding hydrogens is 458 g/mol. The third-order valence-corrected chi connectivity index (χ3v) is 5.92. The first-order valence-electron chi connectivity index (χ1n) is 11.5. The van der Waals surface area contributed by atoms with Crippen molar-refractivity contribution in [3.05, 3.63) is 89.0 Å². The molecule has 6 nitrogen and oxygen atoms in total. The molecule has 1 N–H and O–H groups in total. The standard InChI is InChI=1S/C28H26ClN5O/c1-17(2)31-25-15-28-26(14-24(25)32-20-8-5-18(3)30-16-20)33-23-12-11-22(35-4)13-27(23)34(28)21-9-6-19(29)7-10-21/h5-17,32H,1-4H3. The van der Waals surface area contributed by atoms with Crippen molar-refractivity contribution in [1.82, 2.24) is 14.5 Å². The number of aryl methyl sites for hydroxylation is 1. The summed E-state index contributed by atoms with van der Waals surface area (Å²) >= 11 is 6.20. The van der Waals surface area contributed by atoms with Gasteiger partial charge in [-0.3, -0.25) is 9.98 Å². The number of methoxy groups -OCH3 is 1. The van der Waals surface area contributed by atoms with Gasteiger partial charge in [0.2, 0.25) is 0 Å². The van der Waals surface area contributed by atoms with Crippen LogP contribution in [0.2, 0.25) is 5.02 Å². The highest BCUT2D eigenvalue weighted by molar-refractivity contribution is 6.30. The van der Waals surface area contributed by atoms with Crippen LogP contribution in [0.15, 0.2) is 77.9 Å². The van der Waals surface area contributed by atoms with Gasteiger partial charge < -0.3 is 14.6 Å². The van der Waals surface area contributed by atoms with Crippen molar-refractivity contribution in [3.63, 3.8) is 0 Å². The topological polar surface area (TPSA) is 64.3 Å². The van der Waals surface area contributed by atoms with E-state index in [1.807, 2.05) is 73.8 Å². The Morgan fingerprint density at radius 3 is 2.49 bits per heavy atom. The van der Waals surface area contributed by atoms with Crippen LogP contribution in [0.1, 0.15) is 19.5 Å². The lowest BCUT2D eigenvalue weighted by atomic mass is 10.1. The molecule has 1 aliphatic heterocycles. The Kier molecular flexibility index (Phi) is 6.14. The molecule has 0 fully saturated rings. The van der Waals surface area contributed by atoms with Crippen LogP contribution in [0.25, 0.3) is 28.1 Å². The molecule has 2 heterocycles. The van der Waals surface area contributed by atoms with Crippen molar-refractivity contribution in [2.75, 3.05) is 12.4 Å². The number of halogens is 1. The van der Waals surface area contributed by atoms with Gasteiger partial charge in [-0.1, -0.05) is 11.6 Å². The highest BCUT2D eigenvalue weighted by Crippen LogP contribution is 2.32. The molecule has 2 aliphatic rings. The van der Waals surface area contributed by atoms with Crippen LogP contribution < -0.4 is 15.4 Å². The summed E-state index contributed by atoms with van der Waals surface area (Å²) in [7, 11) is 1.67. The van der Waals surface area contributed by atoms with E-state index in [0.717, 1.165) is 56.3 Å². The van der Waals surface area contributed by atoms with Gasteiger partial charge in [-0.25, -0.2) is 4.98 Å². The molecule has 3 aromatic rings. The molecule has 5 rings (SSSR count). The van der Waals surface area contributed by atoms with E-state index >= 15 is 0 Å². The first kappa shape index (κ1) is 22.9. The van der Waals surface area contributed by atoms with E-state index in [9.17, 15) is 0 Å². The fourth-order valence-electron chi connectivity index (χ4n) is 4.05. The molecule has 0 amide bonds. The molecule has 1 aromatic heterocycles. The van der Waals surface area contributed by atoms with E-state index < -0.39 is 0 Å². The number of nitrogens with one attached hydrogen (secondary N) is 1. The van der Waals surface area contributed by atoms with Gasteiger partial charge in [0.05, 0.1) is 52.5 Å².